The molecule has 0 unspecified atom stereocenters. The molecule has 27 heavy (non-hydrogen) atoms. The van der Waals surface area contributed by atoms with E-state index in [1.807, 2.05) is 79.9 Å². The number of para-hydroxylation sites is 1. The lowest BCUT2D eigenvalue weighted by atomic mass is 10.1. The fraction of sp³-hybridized carbons (Fsp3) is 0.136. The molecule has 2 heterocycles. The molecule has 3 aromatic rings. The number of rotatable bonds is 4. The number of benzene rings is 1. The molecular weight excluding hydrogens is 336 g/mol. The highest BCUT2D eigenvalue weighted by molar-refractivity contribution is 6.10. The lowest BCUT2D eigenvalue weighted by Gasteiger charge is -2.08. The van der Waals surface area contributed by atoms with Crippen LogP contribution >= 0.6 is 0 Å². The second kappa shape index (κ2) is 7.71. The van der Waals surface area contributed by atoms with Crippen molar-refractivity contribution in [2.45, 2.75) is 20.8 Å². The third kappa shape index (κ3) is 3.80. The third-order valence-corrected chi connectivity index (χ3v) is 4.41. The number of carbonyl (C=O) groups is 1. The Bertz CT molecular complexity index is 1060. The van der Waals surface area contributed by atoms with Crippen LogP contribution in [0.5, 0.6) is 0 Å². The maximum absolute atomic E-state index is 12.6. The first kappa shape index (κ1) is 18.2. The topological polar surface area (TPSA) is 70.7 Å². The average molecular weight is 356 g/mol. The van der Waals surface area contributed by atoms with Gasteiger partial charge in [-0.25, -0.2) is 4.98 Å². The van der Waals surface area contributed by atoms with Gasteiger partial charge in [0.25, 0.3) is 5.91 Å². The summed E-state index contributed by atoms with van der Waals surface area (Å²) in [4.78, 5) is 16.9. The van der Waals surface area contributed by atoms with Crippen molar-refractivity contribution >= 4 is 17.7 Å². The van der Waals surface area contributed by atoms with Crippen LogP contribution in [0.3, 0.4) is 0 Å². The van der Waals surface area contributed by atoms with E-state index in [1.54, 1.807) is 12.3 Å². The zero-order valence-electron chi connectivity index (χ0n) is 15.5. The SMILES string of the molecule is Cc1ccccc1NC(=O)/C(C#N)=C/c1cc(C)n(-c2ccccn2)c1C. The number of aryl methyl sites for hydroxylation is 2. The molecule has 3 rings (SSSR count). The summed E-state index contributed by atoms with van der Waals surface area (Å²) in [5, 5.41) is 12.3. The van der Waals surface area contributed by atoms with E-state index in [9.17, 15) is 10.1 Å². The fourth-order valence-corrected chi connectivity index (χ4v) is 2.98. The minimum atomic E-state index is -0.422. The van der Waals surface area contributed by atoms with Crippen molar-refractivity contribution < 1.29 is 4.79 Å². The third-order valence-electron chi connectivity index (χ3n) is 4.41. The van der Waals surface area contributed by atoms with Crippen LogP contribution in [0.25, 0.3) is 11.9 Å². The van der Waals surface area contributed by atoms with Crippen LogP contribution in [-0.2, 0) is 4.79 Å². The molecular formula is C22H20N4O. The van der Waals surface area contributed by atoms with E-state index >= 15 is 0 Å². The van der Waals surface area contributed by atoms with Crippen LogP contribution in [0.15, 0.2) is 60.3 Å². The fourth-order valence-electron chi connectivity index (χ4n) is 2.98. The quantitative estimate of drug-likeness (QED) is 0.558. The van der Waals surface area contributed by atoms with Gasteiger partial charge in [0.1, 0.15) is 17.5 Å². The summed E-state index contributed by atoms with van der Waals surface area (Å²) in [6.07, 6.45) is 3.36. The molecule has 1 amide bonds. The number of aromatic nitrogens is 2. The molecule has 1 N–H and O–H groups in total. The molecule has 1 aromatic carbocycles. The zero-order chi connectivity index (χ0) is 19.4. The van der Waals surface area contributed by atoms with Crippen LogP contribution < -0.4 is 5.32 Å². The second-order valence-electron chi connectivity index (χ2n) is 6.29. The highest BCUT2D eigenvalue weighted by Gasteiger charge is 2.14. The molecule has 0 aliphatic carbocycles. The van der Waals surface area contributed by atoms with E-state index < -0.39 is 5.91 Å². The predicted octanol–water partition coefficient (Wildman–Crippen LogP) is 4.34. The Labute approximate surface area is 158 Å². The minimum Gasteiger partial charge on any atom is -0.321 e. The summed E-state index contributed by atoms with van der Waals surface area (Å²) < 4.78 is 2.00. The first-order valence-electron chi connectivity index (χ1n) is 8.60. The molecule has 134 valence electrons. The van der Waals surface area contributed by atoms with Crippen molar-refractivity contribution in [3.63, 3.8) is 0 Å². The van der Waals surface area contributed by atoms with Gasteiger partial charge in [0, 0.05) is 23.3 Å². The summed E-state index contributed by atoms with van der Waals surface area (Å²) in [6.45, 7) is 5.83. The van der Waals surface area contributed by atoms with E-state index in [1.165, 1.54) is 0 Å². The Hall–Kier alpha value is -3.65. The van der Waals surface area contributed by atoms with Crippen molar-refractivity contribution in [1.29, 1.82) is 5.26 Å². The lowest BCUT2D eigenvalue weighted by Crippen LogP contribution is -2.14. The number of hydrogen-bond acceptors (Lipinski definition) is 3. The van der Waals surface area contributed by atoms with Gasteiger partial charge in [-0.15, -0.1) is 0 Å². The van der Waals surface area contributed by atoms with Crippen molar-refractivity contribution in [2.75, 3.05) is 5.32 Å². The number of nitriles is 1. The van der Waals surface area contributed by atoms with E-state index in [2.05, 4.69) is 10.3 Å². The molecule has 0 aliphatic heterocycles. The summed E-state index contributed by atoms with van der Waals surface area (Å²) in [5.41, 5.74) is 4.41. The number of carbonyl (C=O) groups excluding carboxylic acids is 1. The van der Waals surface area contributed by atoms with Gasteiger partial charge in [-0.1, -0.05) is 24.3 Å². The number of hydrogen-bond donors (Lipinski definition) is 1. The lowest BCUT2D eigenvalue weighted by molar-refractivity contribution is -0.112. The molecule has 0 saturated carbocycles. The number of nitrogens with zero attached hydrogens (tertiary/aromatic N) is 3. The molecule has 0 atom stereocenters. The Morgan fingerprint density at radius 2 is 1.89 bits per heavy atom. The highest BCUT2D eigenvalue weighted by atomic mass is 16.1. The molecule has 5 nitrogen and oxygen atoms in total. The minimum absolute atomic E-state index is 0.0551. The Morgan fingerprint density at radius 3 is 2.56 bits per heavy atom. The summed E-state index contributed by atoms with van der Waals surface area (Å²) in [5.74, 6) is 0.379. The highest BCUT2D eigenvalue weighted by Crippen LogP contribution is 2.22. The number of nitrogens with one attached hydrogen (secondary N) is 1. The average Bonchev–Trinajstić information content (AvgIpc) is 2.95. The first-order valence-corrected chi connectivity index (χ1v) is 8.60. The van der Waals surface area contributed by atoms with Crippen LogP contribution in [0.1, 0.15) is 22.5 Å². The molecule has 0 saturated heterocycles. The monoisotopic (exact) mass is 356 g/mol. The number of amides is 1. The molecule has 0 bridgehead atoms. The Kier molecular flexibility index (Phi) is 5.18. The van der Waals surface area contributed by atoms with Crippen molar-refractivity contribution in [3.8, 4) is 11.9 Å². The van der Waals surface area contributed by atoms with Gasteiger partial charge in [0.15, 0.2) is 0 Å². The zero-order valence-corrected chi connectivity index (χ0v) is 15.5. The van der Waals surface area contributed by atoms with Gasteiger partial charge < -0.3 is 9.88 Å². The maximum Gasteiger partial charge on any atom is 0.266 e. The van der Waals surface area contributed by atoms with Crippen LogP contribution in [0.2, 0.25) is 0 Å². The Balaban J connectivity index is 1.94. The van der Waals surface area contributed by atoms with Crippen LogP contribution in [0, 0.1) is 32.1 Å². The van der Waals surface area contributed by atoms with Gasteiger partial charge >= 0.3 is 0 Å². The molecule has 0 aliphatic rings. The van der Waals surface area contributed by atoms with Crippen molar-refractivity contribution in [1.82, 2.24) is 9.55 Å². The summed E-state index contributed by atoms with van der Waals surface area (Å²) >= 11 is 0. The van der Waals surface area contributed by atoms with Gasteiger partial charge in [-0.3, -0.25) is 4.79 Å². The standard InChI is InChI=1S/C22H20N4O/c1-15-8-4-5-9-20(15)25-22(27)19(14-23)13-18-12-16(2)26(17(18)3)21-10-6-7-11-24-21/h4-13H,1-3H3,(H,25,27)/b19-13+. The molecule has 0 radical (unpaired) electrons. The molecule has 2 aromatic heterocycles. The van der Waals surface area contributed by atoms with Gasteiger partial charge in [-0.2, -0.15) is 5.26 Å². The molecule has 0 spiro atoms. The normalized spacial score (nSPS) is 11.1. The van der Waals surface area contributed by atoms with Crippen molar-refractivity contribution in [2.24, 2.45) is 0 Å². The maximum atomic E-state index is 12.6. The van der Waals surface area contributed by atoms with Gasteiger partial charge in [-0.05, 0) is 62.2 Å². The Morgan fingerprint density at radius 1 is 1.15 bits per heavy atom. The van der Waals surface area contributed by atoms with Crippen LogP contribution in [-0.4, -0.2) is 15.5 Å². The number of pyridine rings is 1. The summed E-state index contributed by atoms with van der Waals surface area (Å²) in [7, 11) is 0. The van der Waals surface area contributed by atoms with E-state index in [4.69, 9.17) is 0 Å². The summed E-state index contributed by atoms with van der Waals surface area (Å²) in [6, 6.07) is 17.1. The number of anilines is 1. The van der Waals surface area contributed by atoms with E-state index in [0.717, 1.165) is 28.3 Å². The van der Waals surface area contributed by atoms with Gasteiger partial charge in [0.05, 0.1) is 0 Å². The van der Waals surface area contributed by atoms with E-state index in [0.29, 0.717) is 5.69 Å². The smallest absolute Gasteiger partial charge is 0.266 e. The molecule has 5 heteroatoms. The predicted molar refractivity (Wildman–Crippen MR) is 106 cm³/mol. The van der Waals surface area contributed by atoms with Crippen LogP contribution in [0.4, 0.5) is 5.69 Å². The second-order valence-corrected chi connectivity index (χ2v) is 6.29. The largest absolute Gasteiger partial charge is 0.321 e. The molecule has 0 fully saturated rings. The first-order chi connectivity index (χ1) is 13.0. The van der Waals surface area contributed by atoms with Gasteiger partial charge in [0.2, 0.25) is 0 Å². The van der Waals surface area contributed by atoms with Crippen molar-refractivity contribution in [3.05, 3.63) is 82.8 Å². The van der Waals surface area contributed by atoms with E-state index in [-0.39, 0.29) is 5.57 Å².